The van der Waals surface area contributed by atoms with Crippen molar-refractivity contribution in [2.75, 3.05) is 11.9 Å². The molecule has 1 aliphatic carbocycles. The van der Waals surface area contributed by atoms with Gasteiger partial charge in [0, 0.05) is 23.6 Å². The highest BCUT2D eigenvalue weighted by Gasteiger charge is 2.71. The number of carbonyl (C=O) groups is 1. The fourth-order valence-corrected chi connectivity index (χ4v) is 3.89. The van der Waals surface area contributed by atoms with Crippen LogP contribution >= 0.6 is 0 Å². The maximum absolute atomic E-state index is 12.8. The quantitative estimate of drug-likeness (QED) is 0.870. The molecular formula is C16H23N3O2. The van der Waals surface area contributed by atoms with Crippen molar-refractivity contribution >= 4 is 11.6 Å². The van der Waals surface area contributed by atoms with Gasteiger partial charge in [-0.15, -0.1) is 0 Å². The second-order valence-corrected chi connectivity index (χ2v) is 6.82. The van der Waals surface area contributed by atoms with Gasteiger partial charge in [-0.25, -0.2) is 0 Å². The number of nitrogens with zero attached hydrogens (tertiary/aromatic N) is 1. The van der Waals surface area contributed by atoms with Gasteiger partial charge in [-0.05, 0) is 32.4 Å². The van der Waals surface area contributed by atoms with Crippen molar-refractivity contribution in [3.63, 3.8) is 0 Å². The van der Waals surface area contributed by atoms with E-state index in [0.717, 1.165) is 23.5 Å². The standard InChI is InChI=1S/C16H23N3O2/c1-9-5-6-12(10(2)18-9)19-14(20)16(17)11-7-8-21-13(11)15(16,3)4/h5-6,11,13H,7-8,17H2,1-4H3,(H,19,20). The highest BCUT2D eigenvalue weighted by molar-refractivity contribution is 6.00. The summed E-state index contributed by atoms with van der Waals surface area (Å²) in [6.45, 7) is 8.53. The van der Waals surface area contributed by atoms with Crippen molar-refractivity contribution in [2.45, 2.75) is 45.8 Å². The van der Waals surface area contributed by atoms with Gasteiger partial charge in [-0.2, -0.15) is 0 Å². The molecule has 5 heteroatoms. The first-order valence-electron chi connectivity index (χ1n) is 7.44. The van der Waals surface area contributed by atoms with Crippen molar-refractivity contribution in [3.05, 3.63) is 23.5 Å². The van der Waals surface area contributed by atoms with Crippen LogP contribution in [0.15, 0.2) is 12.1 Å². The minimum absolute atomic E-state index is 0.0884. The van der Waals surface area contributed by atoms with Crippen LogP contribution in [0.2, 0.25) is 0 Å². The van der Waals surface area contributed by atoms with E-state index in [-0.39, 0.29) is 23.3 Å². The van der Waals surface area contributed by atoms with E-state index in [4.69, 9.17) is 10.5 Å². The molecule has 1 aliphatic heterocycles. The van der Waals surface area contributed by atoms with E-state index in [9.17, 15) is 4.79 Å². The van der Waals surface area contributed by atoms with Crippen molar-refractivity contribution in [1.29, 1.82) is 0 Å². The molecule has 0 radical (unpaired) electrons. The number of pyridine rings is 1. The number of hydrogen-bond donors (Lipinski definition) is 2. The lowest BCUT2D eigenvalue weighted by Gasteiger charge is -2.60. The van der Waals surface area contributed by atoms with E-state index in [1.165, 1.54) is 0 Å². The summed E-state index contributed by atoms with van der Waals surface area (Å²) >= 11 is 0. The lowest BCUT2D eigenvalue weighted by molar-refractivity contribution is -0.170. The molecule has 1 aromatic heterocycles. The van der Waals surface area contributed by atoms with E-state index in [1.807, 2.05) is 39.8 Å². The molecule has 2 aliphatic rings. The van der Waals surface area contributed by atoms with Gasteiger partial charge in [0.2, 0.25) is 5.91 Å². The molecule has 1 aromatic rings. The van der Waals surface area contributed by atoms with Crippen LogP contribution in [0.1, 0.15) is 31.7 Å². The number of nitrogens with one attached hydrogen (secondary N) is 1. The number of anilines is 1. The number of aromatic nitrogens is 1. The second kappa shape index (κ2) is 4.52. The third kappa shape index (κ3) is 1.84. The Morgan fingerprint density at radius 3 is 2.81 bits per heavy atom. The normalized spacial score (nSPS) is 33.2. The molecule has 114 valence electrons. The van der Waals surface area contributed by atoms with Crippen LogP contribution in [0.3, 0.4) is 0 Å². The summed E-state index contributed by atoms with van der Waals surface area (Å²) in [5.74, 6) is -0.0285. The van der Waals surface area contributed by atoms with Crippen LogP contribution in [0.5, 0.6) is 0 Å². The van der Waals surface area contributed by atoms with Crippen molar-refractivity contribution in [1.82, 2.24) is 4.98 Å². The molecule has 2 heterocycles. The largest absolute Gasteiger partial charge is 0.377 e. The van der Waals surface area contributed by atoms with Crippen molar-refractivity contribution < 1.29 is 9.53 Å². The molecule has 3 N–H and O–H groups in total. The third-order valence-corrected chi connectivity index (χ3v) is 5.30. The molecule has 21 heavy (non-hydrogen) atoms. The third-order valence-electron chi connectivity index (χ3n) is 5.30. The first kappa shape index (κ1) is 14.5. The Balaban J connectivity index is 1.85. The molecule has 5 nitrogen and oxygen atoms in total. The Kier molecular flexibility index (Phi) is 3.11. The smallest absolute Gasteiger partial charge is 0.245 e. The number of hydrogen-bond acceptors (Lipinski definition) is 4. The van der Waals surface area contributed by atoms with Crippen LogP contribution in [-0.4, -0.2) is 29.1 Å². The molecule has 3 unspecified atom stereocenters. The van der Waals surface area contributed by atoms with Crippen molar-refractivity contribution in [3.8, 4) is 0 Å². The van der Waals surface area contributed by atoms with Crippen LogP contribution in [-0.2, 0) is 9.53 Å². The first-order valence-corrected chi connectivity index (χ1v) is 7.44. The van der Waals surface area contributed by atoms with Gasteiger partial charge in [-0.1, -0.05) is 13.8 Å². The number of ether oxygens (including phenoxy) is 1. The van der Waals surface area contributed by atoms with E-state index in [0.29, 0.717) is 6.61 Å². The predicted molar refractivity (Wildman–Crippen MR) is 80.9 cm³/mol. The fraction of sp³-hybridized carbons (Fsp3) is 0.625. The monoisotopic (exact) mass is 289 g/mol. The number of carbonyl (C=O) groups excluding carboxylic acids is 1. The van der Waals surface area contributed by atoms with Gasteiger partial charge < -0.3 is 15.8 Å². The SMILES string of the molecule is Cc1ccc(NC(=O)C2(N)C3CCOC3C2(C)C)c(C)n1. The number of amides is 1. The molecule has 0 bridgehead atoms. The van der Waals surface area contributed by atoms with Crippen LogP contribution in [0.4, 0.5) is 5.69 Å². The highest BCUT2D eigenvalue weighted by Crippen LogP contribution is 2.58. The maximum atomic E-state index is 12.8. The topological polar surface area (TPSA) is 77.2 Å². The Morgan fingerprint density at radius 1 is 1.43 bits per heavy atom. The van der Waals surface area contributed by atoms with Gasteiger partial charge in [0.1, 0.15) is 5.54 Å². The summed E-state index contributed by atoms with van der Waals surface area (Å²) < 4.78 is 5.73. The van der Waals surface area contributed by atoms with Gasteiger partial charge in [0.15, 0.2) is 0 Å². The number of aryl methyl sites for hydroxylation is 2. The summed E-state index contributed by atoms with van der Waals surface area (Å²) in [7, 11) is 0. The Bertz CT molecular complexity index is 599. The zero-order chi connectivity index (χ0) is 15.4. The molecule has 0 aromatic carbocycles. The summed E-state index contributed by atoms with van der Waals surface area (Å²) in [6.07, 6.45) is 0.939. The Labute approximate surface area is 125 Å². The molecule has 1 saturated heterocycles. The molecule has 0 spiro atoms. The van der Waals surface area contributed by atoms with E-state index in [1.54, 1.807) is 0 Å². The summed E-state index contributed by atoms with van der Waals surface area (Å²) in [5, 5.41) is 2.97. The van der Waals surface area contributed by atoms with E-state index < -0.39 is 5.54 Å². The predicted octanol–water partition coefficient (Wildman–Crippen LogP) is 1.78. The number of nitrogens with two attached hydrogens (primary N) is 1. The lowest BCUT2D eigenvalue weighted by atomic mass is 9.48. The lowest BCUT2D eigenvalue weighted by Crippen LogP contribution is -2.79. The first-order chi connectivity index (χ1) is 9.78. The van der Waals surface area contributed by atoms with E-state index in [2.05, 4.69) is 10.3 Å². The maximum Gasteiger partial charge on any atom is 0.245 e. The molecule has 1 saturated carbocycles. The van der Waals surface area contributed by atoms with Crippen LogP contribution in [0.25, 0.3) is 0 Å². The molecule has 2 fully saturated rings. The summed E-state index contributed by atoms with van der Waals surface area (Å²) in [5.41, 5.74) is 7.75. The van der Waals surface area contributed by atoms with Gasteiger partial charge >= 0.3 is 0 Å². The van der Waals surface area contributed by atoms with Crippen LogP contribution in [0, 0.1) is 25.2 Å². The zero-order valence-electron chi connectivity index (χ0n) is 13.1. The van der Waals surface area contributed by atoms with Crippen molar-refractivity contribution in [2.24, 2.45) is 17.1 Å². The highest BCUT2D eigenvalue weighted by atomic mass is 16.5. The van der Waals surface area contributed by atoms with Gasteiger partial charge in [0.05, 0.1) is 17.5 Å². The average Bonchev–Trinajstić information content (AvgIpc) is 2.89. The van der Waals surface area contributed by atoms with Gasteiger partial charge in [0.25, 0.3) is 0 Å². The molecule has 1 amide bonds. The number of fused-ring (bicyclic) bond motifs is 1. The van der Waals surface area contributed by atoms with E-state index >= 15 is 0 Å². The Hall–Kier alpha value is -1.46. The molecule has 3 rings (SSSR count). The van der Waals surface area contributed by atoms with Crippen LogP contribution < -0.4 is 11.1 Å². The summed E-state index contributed by atoms with van der Waals surface area (Å²) in [4.78, 5) is 17.2. The minimum Gasteiger partial charge on any atom is -0.377 e. The average molecular weight is 289 g/mol. The van der Waals surface area contributed by atoms with Gasteiger partial charge in [-0.3, -0.25) is 9.78 Å². The second-order valence-electron chi connectivity index (χ2n) is 6.82. The zero-order valence-corrected chi connectivity index (χ0v) is 13.1. The molecule has 3 atom stereocenters. The molecular weight excluding hydrogens is 266 g/mol. The number of rotatable bonds is 2. The Morgan fingerprint density at radius 2 is 2.14 bits per heavy atom. The summed E-state index contributed by atoms with van der Waals surface area (Å²) in [6, 6.07) is 3.77. The minimum atomic E-state index is -0.883. The fourth-order valence-electron chi connectivity index (χ4n) is 3.89.